The highest BCUT2D eigenvalue weighted by molar-refractivity contribution is 5.55. The molecule has 0 N–H and O–H groups in total. The van der Waals surface area contributed by atoms with E-state index in [1.165, 1.54) is 0 Å². The molecule has 2 rings (SSSR count). The van der Waals surface area contributed by atoms with Crippen molar-refractivity contribution >= 4 is 6.29 Å². The fraction of sp³-hybridized carbons (Fsp3) is 0.600. The number of aldehydes is 1. The summed E-state index contributed by atoms with van der Waals surface area (Å²) in [7, 11) is 0. The molecular weight excluding hydrogens is 180 g/mol. The monoisotopic (exact) mass is 194 g/mol. The number of hydrogen-bond acceptors (Lipinski definition) is 3. The number of ether oxygens (including phenoxy) is 1. The predicted octanol–water partition coefficient (Wildman–Crippen LogP) is 1.18. The van der Waals surface area contributed by atoms with Crippen LogP contribution in [0.15, 0.2) is 12.4 Å². The molecule has 1 aliphatic heterocycles. The van der Waals surface area contributed by atoms with Crippen LogP contribution in [0.25, 0.3) is 0 Å². The van der Waals surface area contributed by atoms with Gasteiger partial charge in [-0.15, -0.1) is 0 Å². The molecule has 1 aromatic rings. The maximum Gasteiger partial charge on any atom is 0.126 e. The number of aryl methyl sites for hydroxylation is 1. The van der Waals surface area contributed by atoms with Crippen LogP contribution >= 0.6 is 0 Å². The van der Waals surface area contributed by atoms with Crippen LogP contribution in [0.4, 0.5) is 0 Å². The maximum absolute atomic E-state index is 10.8. The number of aromatic nitrogens is 2. The number of carbonyl (C=O) groups is 1. The van der Waals surface area contributed by atoms with E-state index < -0.39 is 0 Å². The second-order valence-corrected chi connectivity index (χ2v) is 3.51. The molecule has 2 atom stereocenters. The lowest BCUT2D eigenvalue weighted by Gasteiger charge is -2.10. The van der Waals surface area contributed by atoms with Gasteiger partial charge in [0, 0.05) is 30.8 Å². The van der Waals surface area contributed by atoms with E-state index in [1.807, 2.05) is 17.8 Å². The molecule has 0 aliphatic carbocycles. The van der Waals surface area contributed by atoms with Crippen molar-refractivity contribution in [1.82, 2.24) is 9.78 Å². The summed E-state index contributed by atoms with van der Waals surface area (Å²) in [6.07, 6.45) is 5.47. The summed E-state index contributed by atoms with van der Waals surface area (Å²) in [6.45, 7) is 3.55. The van der Waals surface area contributed by atoms with Gasteiger partial charge in [-0.2, -0.15) is 5.10 Å². The molecule has 0 bridgehead atoms. The Hall–Kier alpha value is -1.16. The Balaban J connectivity index is 2.17. The summed E-state index contributed by atoms with van der Waals surface area (Å²) in [5, 5.41) is 4.17. The molecule has 0 amide bonds. The highest BCUT2D eigenvalue weighted by Gasteiger charge is 2.30. The van der Waals surface area contributed by atoms with Gasteiger partial charge in [0.15, 0.2) is 0 Å². The van der Waals surface area contributed by atoms with Gasteiger partial charge in [0.25, 0.3) is 0 Å². The Morgan fingerprint density at radius 1 is 1.79 bits per heavy atom. The highest BCUT2D eigenvalue weighted by atomic mass is 16.5. The third-order valence-electron chi connectivity index (χ3n) is 2.62. The third-order valence-corrected chi connectivity index (χ3v) is 2.62. The van der Waals surface area contributed by atoms with Crippen LogP contribution in [0.3, 0.4) is 0 Å². The summed E-state index contributed by atoms with van der Waals surface area (Å²) in [5.74, 6) is 0.00417. The van der Waals surface area contributed by atoms with E-state index in [1.54, 1.807) is 6.20 Å². The SMILES string of the molecule is CCn1cc(C2OCCC2C=O)cn1. The van der Waals surface area contributed by atoms with E-state index in [2.05, 4.69) is 5.10 Å². The van der Waals surface area contributed by atoms with Crippen LogP contribution in [0, 0.1) is 5.92 Å². The quantitative estimate of drug-likeness (QED) is 0.679. The fourth-order valence-corrected chi connectivity index (χ4v) is 1.79. The lowest BCUT2D eigenvalue weighted by molar-refractivity contribution is -0.112. The largest absolute Gasteiger partial charge is 0.373 e. The summed E-state index contributed by atoms with van der Waals surface area (Å²) in [6, 6.07) is 0. The molecule has 0 radical (unpaired) electrons. The molecule has 4 nitrogen and oxygen atoms in total. The average molecular weight is 194 g/mol. The Morgan fingerprint density at radius 2 is 2.64 bits per heavy atom. The second kappa shape index (κ2) is 3.92. The van der Waals surface area contributed by atoms with Crippen LogP contribution in [0.1, 0.15) is 25.0 Å². The van der Waals surface area contributed by atoms with Crippen LogP contribution in [0.2, 0.25) is 0 Å². The van der Waals surface area contributed by atoms with E-state index in [0.717, 1.165) is 24.8 Å². The van der Waals surface area contributed by atoms with Gasteiger partial charge in [-0.25, -0.2) is 0 Å². The second-order valence-electron chi connectivity index (χ2n) is 3.51. The van der Waals surface area contributed by atoms with Gasteiger partial charge in [-0.1, -0.05) is 0 Å². The van der Waals surface area contributed by atoms with Crippen molar-refractivity contribution in [3.8, 4) is 0 Å². The van der Waals surface area contributed by atoms with Gasteiger partial charge in [-0.05, 0) is 13.3 Å². The first kappa shape index (κ1) is 9.40. The van der Waals surface area contributed by atoms with Gasteiger partial charge in [-0.3, -0.25) is 4.68 Å². The van der Waals surface area contributed by atoms with Crippen molar-refractivity contribution < 1.29 is 9.53 Å². The lowest BCUT2D eigenvalue weighted by Crippen LogP contribution is -2.07. The van der Waals surface area contributed by atoms with E-state index in [-0.39, 0.29) is 12.0 Å². The minimum atomic E-state index is -0.0761. The normalized spacial score (nSPS) is 26.6. The highest BCUT2D eigenvalue weighted by Crippen LogP contribution is 2.32. The number of carbonyl (C=O) groups excluding carboxylic acids is 1. The van der Waals surface area contributed by atoms with E-state index in [0.29, 0.717) is 6.61 Å². The molecule has 1 fully saturated rings. The number of nitrogens with zero attached hydrogens (tertiary/aromatic N) is 2. The molecule has 1 saturated heterocycles. The Labute approximate surface area is 82.9 Å². The van der Waals surface area contributed by atoms with Crippen LogP contribution in [-0.4, -0.2) is 22.7 Å². The van der Waals surface area contributed by atoms with Crippen LogP contribution in [-0.2, 0) is 16.1 Å². The predicted molar refractivity (Wildman–Crippen MR) is 50.8 cm³/mol. The van der Waals surface area contributed by atoms with Crippen LogP contribution in [0.5, 0.6) is 0 Å². The van der Waals surface area contributed by atoms with Gasteiger partial charge in [0.05, 0.1) is 12.3 Å². The van der Waals surface area contributed by atoms with E-state index >= 15 is 0 Å². The molecular formula is C10H14N2O2. The van der Waals surface area contributed by atoms with Crippen molar-refractivity contribution in [2.75, 3.05) is 6.61 Å². The maximum atomic E-state index is 10.8. The number of hydrogen-bond donors (Lipinski definition) is 0. The Morgan fingerprint density at radius 3 is 3.29 bits per heavy atom. The first-order valence-electron chi connectivity index (χ1n) is 4.94. The smallest absolute Gasteiger partial charge is 0.126 e. The van der Waals surface area contributed by atoms with E-state index in [4.69, 9.17) is 4.74 Å². The van der Waals surface area contributed by atoms with Gasteiger partial charge < -0.3 is 9.53 Å². The van der Waals surface area contributed by atoms with Crippen molar-refractivity contribution in [3.05, 3.63) is 18.0 Å². The molecule has 76 valence electrons. The first-order valence-corrected chi connectivity index (χ1v) is 4.94. The average Bonchev–Trinajstić information content (AvgIpc) is 2.85. The first-order chi connectivity index (χ1) is 6.85. The van der Waals surface area contributed by atoms with Crippen molar-refractivity contribution in [1.29, 1.82) is 0 Å². The van der Waals surface area contributed by atoms with Gasteiger partial charge in [0.2, 0.25) is 0 Å². The minimum absolute atomic E-state index is 0.00417. The molecule has 4 heteroatoms. The van der Waals surface area contributed by atoms with Crippen molar-refractivity contribution in [2.24, 2.45) is 5.92 Å². The Kier molecular flexibility index (Phi) is 2.63. The zero-order chi connectivity index (χ0) is 9.97. The zero-order valence-electron chi connectivity index (χ0n) is 8.22. The minimum Gasteiger partial charge on any atom is -0.373 e. The third kappa shape index (κ3) is 1.57. The molecule has 1 aromatic heterocycles. The molecule has 1 aliphatic rings. The summed E-state index contributed by atoms with van der Waals surface area (Å²) in [4.78, 5) is 10.8. The summed E-state index contributed by atoms with van der Waals surface area (Å²) < 4.78 is 7.36. The Bertz CT molecular complexity index is 322. The summed E-state index contributed by atoms with van der Waals surface area (Å²) >= 11 is 0. The molecule has 2 heterocycles. The topological polar surface area (TPSA) is 44.1 Å². The molecule has 14 heavy (non-hydrogen) atoms. The van der Waals surface area contributed by atoms with Crippen molar-refractivity contribution in [2.45, 2.75) is 26.0 Å². The summed E-state index contributed by atoms with van der Waals surface area (Å²) in [5.41, 5.74) is 1.02. The molecule has 0 aromatic carbocycles. The zero-order valence-corrected chi connectivity index (χ0v) is 8.22. The lowest BCUT2D eigenvalue weighted by atomic mass is 9.99. The standard InChI is InChI=1S/C10H14N2O2/c1-2-12-6-9(5-11-12)10-8(7-13)3-4-14-10/h5-8,10H,2-4H2,1H3. The van der Waals surface area contributed by atoms with E-state index in [9.17, 15) is 4.79 Å². The molecule has 2 unspecified atom stereocenters. The fourth-order valence-electron chi connectivity index (χ4n) is 1.79. The van der Waals surface area contributed by atoms with Gasteiger partial charge in [0.1, 0.15) is 6.29 Å². The number of rotatable bonds is 3. The molecule has 0 saturated carbocycles. The van der Waals surface area contributed by atoms with Crippen LogP contribution < -0.4 is 0 Å². The van der Waals surface area contributed by atoms with Crippen molar-refractivity contribution in [3.63, 3.8) is 0 Å². The molecule has 0 spiro atoms. The van der Waals surface area contributed by atoms with Gasteiger partial charge >= 0.3 is 0 Å².